The topological polar surface area (TPSA) is 52.0 Å². The Morgan fingerprint density at radius 2 is 1.81 bits per heavy atom. The molecule has 0 saturated carbocycles. The molecule has 0 atom stereocenters. The Kier molecular flexibility index (Phi) is 6.31. The Morgan fingerprint density at radius 3 is 2.59 bits per heavy atom. The number of halogens is 1. The minimum atomic E-state index is 0.00646. The molecule has 0 spiro atoms. The summed E-state index contributed by atoms with van der Waals surface area (Å²) in [6.07, 6.45) is 4.26. The fourth-order valence-corrected chi connectivity index (χ4v) is 6.54. The lowest BCUT2D eigenvalue weighted by atomic mass is 9.97. The second kappa shape index (κ2) is 9.33. The molecule has 0 radical (unpaired) electrons. The van der Waals surface area contributed by atoms with E-state index in [2.05, 4.69) is 15.9 Å². The first-order chi connectivity index (χ1) is 15.6. The van der Waals surface area contributed by atoms with Crippen LogP contribution >= 0.6 is 39.0 Å². The summed E-state index contributed by atoms with van der Waals surface area (Å²) in [6.45, 7) is 0.432. The molecule has 5 rings (SSSR count). The van der Waals surface area contributed by atoms with Gasteiger partial charge in [-0.25, -0.2) is 4.98 Å². The number of thioether (sulfide) groups is 1. The van der Waals surface area contributed by atoms with Gasteiger partial charge in [0.2, 0.25) is 0 Å². The highest BCUT2D eigenvalue weighted by molar-refractivity contribution is 9.10. The van der Waals surface area contributed by atoms with Gasteiger partial charge < -0.3 is 0 Å². The van der Waals surface area contributed by atoms with Crippen LogP contribution in [0.5, 0.6) is 0 Å². The number of hydrogen-bond acceptors (Lipinski definition) is 5. The van der Waals surface area contributed by atoms with Crippen LogP contribution in [0, 0.1) is 0 Å². The summed E-state index contributed by atoms with van der Waals surface area (Å²) in [5.41, 5.74) is 2.90. The second-order valence-corrected chi connectivity index (χ2v) is 10.8. The Morgan fingerprint density at radius 1 is 1.06 bits per heavy atom. The first kappa shape index (κ1) is 21.6. The summed E-state index contributed by atoms with van der Waals surface area (Å²) in [4.78, 5) is 33.4. The van der Waals surface area contributed by atoms with Crippen LogP contribution in [0.3, 0.4) is 0 Å². The number of nitrogens with zero attached hydrogens (tertiary/aromatic N) is 2. The van der Waals surface area contributed by atoms with E-state index in [4.69, 9.17) is 4.98 Å². The Hall–Kier alpha value is -2.22. The molecule has 0 bridgehead atoms. The van der Waals surface area contributed by atoms with E-state index in [1.165, 1.54) is 28.6 Å². The molecule has 1 aliphatic rings. The molecule has 0 fully saturated rings. The van der Waals surface area contributed by atoms with Gasteiger partial charge >= 0.3 is 0 Å². The Balaban J connectivity index is 1.55. The average molecular weight is 525 g/mol. The number of carbonyl (C=O) groups is 1. The van der Waals surface area contributed by atoms with Gasteiger partial charge in [-0.15, -0.1) is 11.3 Å². The van der Waals surface area contributed by atoms with Gasteiger partial charge in [0.25, 0.3) is 5.56 Å². The van der Waals surface area contributed by atoms with E-state index in [0.29, 0.717) is 17.3 Å². The molecule has 7 heteroatoms. The number of aromatic nitrogens is 2. The van der Waals surface area contributed by atoms with E-state index in [1.54, 1.807) is 15.9 Å². The van der Waals surface area contributed by atoms with Crippen LogP contribution in [0.1, 0.15) is 39.2 Å². The molecule has 1 aliphatic carbocycles. The first-order valence-corrected chi connectivity index (χ1v) is 13.2. The largest absolute Gasteiger partial charge is 0.293 e. The monoisotopic (exact) mass is 524 g/mol. The Labute approximate surface area is 202 Å². The maximum Gasteiger partial charge on any atom is 0.263 e. The highest BCUT2D eigenvalue weighted by Gasteiger charge is 2.23. The number of aryl methyl sites for hydroxylation is 2. The molecular formula is C25H21BrN2O2S2. The van der Waals surface area contributed by atoms with Crippen molar-refractivity contribution in [3.05, 3.63) is 91.0 Å². The van der Waals surface area contributed by atoms with E-state index >= 15 is 0 Å². The SMILES string of the molecule is O=C(CSc1nc2sc3c(c2c(=O)n1Cc1ccc(Br)cc1)CCCC3)c1ccccc1. The van der Waals surface area contributed by atoms with E-state index in [0.717, 1.165) is 39.5 Å². The highest BCUT2D eigenvalue weighted by Crippen LogP contribution is 2.35. The van der Waals surface area contributed by atoms with Gasteiger partial charge in [0.05, 0.1) is 17.7 Å². The van der Waals surface area contributed by atoms with Crippen molar-refractivity contribution in [3.63, 3.8) is 0 Å². The molecule has 0 unspecified atom stereocenters. The smallest absolute Gasteiger partial charge is 0.263 e. The van der Waals surface area contributed by atoms with Gasteiger partial charge in [-0.1, -0.05) is 70.2 Å². The fraction of sp³-hybridized carbons (Fsp3) is 0.240. The molecule has 4 nitrogen and oxygen atoms in total. The van der Waals surface area contributed by atoms with Gasteiger partial charge in [0.1, 0.15) is 4.83 Å². The van der Waals surface area contributed by atoms with E-state index in [9.17, 15) is 9.59 Å². The number of rotatable bonds is 6. The zero-order chi connectivity index (χ0) is 22.1. The van der Waals surface area contributed by atoms with Crippen molar-refractivity contribution < 1.29 is 4.79 Å². The number of carbonyl (C=O) groups excluding carboxylic acids is 1. The number of hydrogen-bond donors (Lipinski definition) is 0. The average Bonchev–Trinajstić information content (AvgIpc) is 3.20. The first-order valence-electron chi connectivity index (χ1n) is 10.6. The highest BCUT2D eigenvalue weighted by atomic mass is 79.9. The summed E-state index contributed by atoms with van der Waals surface area (Å²) in [5, 5.41) is 1.38. The number of ketones is 1. The van der Waals surface area contributed by atoms with Crippen LogP contribution in [-0.4, -0.2) is 21.1 Å². The number of Topliss-reactive ketones (excluding diaryl/α,β-unsaturated/α-hetero) is 1. The minimum absolute atomic E-state index is 0.00646. The zero-order valence-electron chi connectivity index (χ0n) is 17.3. The number of thiophene rings is 1. The van der Waals surface area contributed by atoms with Crippen molar-refractivity contribution in [2.45, 2.75) is 37.4 Å². The predicted octanol–water partition coefficient (Wildman–Crippen LogP) is 6.12. The van der Waals surface area contributed by atoms with Crippen molar-refractivity contribution >= 4 is 55.0 Å². The predicted molar refractivity (Wildman–Crippen MR) is 135 cm³/mol. The molecule has 2 heterocycles. The van der Waals surface area contributed by atoms with Gasteiger partial charge in [-0.2, -0.15) is 0 Å². The number of benzene rings is 2. The van der Waals surface area contributed by atoms with E-state index < -0.39 is 0 Å². The van der Waals surface area contributed by atoms with Crippen LogP contribution in [0.15, 0.2) is 69.0 Å². The van der Waals surface area contributed by atoms with Crippen molar-refractivity contribution in [2.75, 3.05) is 5.75 Å². The maximum atomic E-state index is 13.7. The molecule has 162 valence electrons. The summed E-state index contributed by atoms with van der Waals surface area (Å²) >= 11 is 6.46. The van der Waals surface area contributed by atoms with E-state index in [1.807, 2.05) is 54.6 Å². The molecule has 0 aliphatic heterocycles. The molecule has 0 N–H and O–H groups in total. The zero-order valence-corrected chi connectivity index (χ0v) is 20.6. The van der Waals surface area contributed by atoms with Crippen LogP contribution in [0.25, 0.3) is 10.2 Å². The molecule has 32 heavy (non-hydrogen) atoms. The van der Waals surface area contributed by atoms with Crippen LogP contribution in [0.2, 0.25) is 0 Å². The lowest BCUT2D eigenvalue weighted by Gasteiger charge is -2.14. The third kappa shape index (κ3) is 4.34. The molecule has 4 aromatic rings. The maximum absolute atomic E-state index is 13.7. The van der Waals surface area contributed by atoms with Gasteiger partial charge in [0.15, 0.2) is 10.9 Å². The van der Waals surface area contributed by atoms with Gasteiger partial charge in [-0.3, -0.25) is 14.2 Å². The van der Waals surface area contributed by atoms with Crippen molar-refractivity contribution in [2.24, 2.45) is 0 Å². The third-order valence-electron chi connectivity index (χ3n) is 5.72. The Bertz CT molecular complexity index is 1340. The van der Waals surface area contributed by atoms with Crippen molar-refractivity contribution in [1.29, 1.82) is 0 Å². The van der Waals surface area contributed by atoms with Crippen LogP contribution in [0.4, 0.5) is 0 Å². The lowest BCUT2D eigenvalue weighted by molar-refractivity contribution is 0.102. The van der Waals surface area contributed by atoms with Crippen LogP contribution < -0.4 is 5.56 Å². The second-order valence-electron chi connectivity index (χ2n) is 7.88. The summed E-state index contributed by atoms with van der Waals surface area (Å²) in [6, 6.07) is 17.2. The molecular weight excluding hydrogens is 504 g/mol. The normalized spacial score (nSPS) is 13.3. The summed E-state index contributed by atoms with van der Waals surface area (Å²) < 4.78 is 2.74. The number of fused-ring (bicyclic) bond motifs is 3. The minimum Gasteiger partial charge on any atom is -0.293 e. The molecule has 2 aromatic carbocycles. The quantitative estimate of drug-likeness (QED) is 0.173. The van der Waals surface area contributed by atoms with Gasteiger partial charge in [-0.05, 0) is 48.9 Å². The van der Waals surface area contributed by atoms with E-state index in [-0.39, 0.29) is 17.1 Å². The summed E-state index contributed by atoms with van der Waals surface area (Å²) in [7, 11) is 0. The van der Waals surface area contributed by atoms with Gasteiger partial charge in [0, 0.05) is 14.9 Å². The molecule has 2 aromatic heterocycles. The molecule has 0 saturated heterocycles. The molecule has 0 amide bonds. The lowest BCUT2D eigenvalue weighted by Crippen LogP contribution is -2.24. The van der Waals surface area contributed by atoms with Crippen molar-refractivity contribution in [1.82, 2.24) is 9.55 Å². The fourth-order valence-electron chi connectivity index (χ4n) is 4.08. The van der Waals surface area contributed by atoms with Crippen molar-refractivity contribution in [3.8, 4) is 0 Å². The van der Waals surface area contributed by atoms with Crippen LogP contribution in [-0.2, 0) is 19.4 Å². The standard InChI is InChI=1S/C25H21BrN2O2S2/c26-18-12-10-16(11-13-18)14-28-24(30)22-19-8-4-5-9-21(19)32-23(22)27-25(28)31-15-20(29)17-6-2-1-3-7-17/h1-3,6-7,10-13H,4-5,8-9,14-15H2. The summed E-state index contributed by atoms with van der Waals surface area (Å²) in [5.74, 6) is 0.276. The third-order valence-corrected chi connectivity index (χ3v) is 8.41.